The maximum absolute atomic E-state index is 13.3. The maximum Gasteiger partial charge on any atom is 0.247 e. The second-order valence-electron chi connectivity index (χ2n) is 7.32. The number of rotatable bonds is 6. The smallest absolute Gasteiger partial charge is 0.247 e. The summed E-state index contributed by atoms with van der Waals surface area (Å²) in [5, 5.41) is 6.79. The SMILES string of the molecule is COc1cc2c(cc1OC)CN(C(C(=O)Nc1cc(C)on1)c1ccccc1)CC2. The molecule has 4 rings (SSSR count). The highest BCUT2D eigenvalue weighted by molar-refractivity contribution is 5.94. The van der Waals surface area contributed by atoms with Crippen LogP contribution in [0.3, 0.4) is 0 Å². The molecule has 1 atom stereocenters. The van der Waals surface area contributed by atoms with E-state index in [2.05, 4.69) is 15.4 Å². The molecule has 2 heterocycles. The van der Waals surface area contributed by atoms with Crippen LogP contribution < -0.4 is 14.8 Å². The minimum absolute atomic E-state index is 0.140. The second kappa shape index (κ2) is 8.59. The van der Waals surface area contributed by atoms with Crippen molar-refractivity contribution in [3.63, 3.8) is 0 Å². The number of benzene rings is 2. The van der Waals surface area contributed by atoms with Gasteiger partial charge in [-0.25, -0.2) is 0 Å². The number of nitrogens with one attached hydrogen (secondary N) is 1. The van der Waals surface area contributed by atoms with Crippen LogP contribution in [0.2, 0.25) is 0 Å². The van der Waals surface area contributed by atoms with E-state index >= 15 is 0 Å². The van der Waals surface area contributed by atoms with Gasteiger partial charge in [0.05, 0.1) is 14.2 Å². The molecule has 0 aliphatic carbocycles. The summed E-state index contributed by atoms with van der Waals surface area (Å²) in [4.78, 5) is 15.5. The molecule has 1 amide bonds. The van der Waals surface area contributed by atoms with Crippen LogP contribution in [0.15, 0.2) is 53.1 Å². The van der Waals surface area contributed by atoms with E-state index in [0.29, 0.717) is 23.9 Å². The van der Waals surface area contributed by atoms with Gasteiger partial charge in [-0.05, 0) is 42.2 Å². The molecule has 0 fully saturated rings. The zero-order valence-electron chi connectivity index (χ0n) is 17.3. The van der Waals surface area contributed by atoms with E-state index in [1.165, 1.54) is 5.56 Å². The summed E-state index contributed by atoms with van der Waals surface area (Å²) in [5.41, 5.74) is 3.27. The third kappa shape index (κ3) is 4.02. The third-order valence-corrected chi connectivity index (χ3v) is 5.36. The van der Waals surface area contributed by atoms with Crippen LogP contribution in [0.4, 0.5) is 5.82 Å². The van der Waals surface area contributed by atoms with Crippen LogP contribution in [-0.4, -0.2) is 36.7 Å². The molecule has 7 heteroatoms. The maximum atomic E-state index is 13.3. The second-order valence-corrected chi connectivity index (χ2v) is 7.32. The van der Waals surface area contributed by atoms with Crippen molar-refractivity contribution in [2.24, 2.45) is 0 Å². The quantitative estimate of drug-likeness (QED) is 0.671. The molecule has 1 aliphatic heterocycles. The Balaban J connectivity index is 1.64. The summed E-state index contributed by atoms with van der Waals surface area (Å²) in [7, 11) is 3.27. The van der Waals surface area contributed by atoms with Crippen LogP contribution in [0.25, 0.3) is 0 Å². The summed E-state index contributed by atoms with van der Waals surface area (Å²) >= 11 is 0. The lowest BCUT2D eigenvalue weighted by Gasteiger charge is -2.35. The minimum Gasteiger partial charge on any atom is -0.493 e. The first-order valence-corrected chi connectivity index (χ1v) is 9.86. The van der Waals surface area contributed by atoms with E-state index in [0.717, 1.165) is 29.8 Å². The Kier molecular flexibility index (Phi) is 5.72. The number of amides is 1. The first-order chi connectivity index (χ1) is 14.6. The molecule has 30 heavy (non-hydrogen) atoms. The Morgan fingerprint density at radius 1 is 1.10 bits per heavy atom. The van der Waals surface area contributed by atoms with Gasteiger partial charge >= 0.3 is 0 Å². The van der Waals surface area contributed by atoms with E-state index in [9.17, 15) is 4.79 Å². The van der Waals surface area contributed by atoms with Gasteiger partial charge in [-0.15, -0.1) is 0 Å². The van der Waals surface area contributed by atoms with E-state index in [4.69, 9.17) is 14.0 Å². The van der Waals surface area contributed by atoms with Crippen molar-refractivity contribution in [1.82, 2.24) is 10.1 Å². The van der Waals surface area contributed by atoms with Gasteiger partial charge in [-0.3, -0.25) is 9.69 Å². The largest absolute Gasteiger partial charge is 0.493 e. The number of aryl methyl sites for hydroxylation is 1. The molecule has 0 spiro atoms. The molecule has 1 N–H and O–H groups in total. The van der Waals surface area contributed by atoms with E-state index in [1.54, 1.807) is 27.2 Å². The lowest BCUT2D eigenvalue weighted by Crippen LogP contribution is -2.40. The number of carbonyl (C=O) groups excluding carboxylic acids is 1. The summed E-state index contributed by atoms with van der Waals surface area (Å²) in [6.45, 7) is 3.16. The van der Waals surface area contributed by atoms with Crippen molar-refractivity contribution in [1.29, 1.82) is 0 Å². The number of hydrogen-bond acceptors (Lipinski definition) is 6. The molecule has 1 aromatic heterocycles. The average molecular weight is 407 g/mol. The fourth-order valence-corrected chi connectivity index (χ4v) is 3.91. The van der Waals surface area contributed by atoms with Crippen molar-refractivity contribution < 1.29 is 18.8 Å². The summed E-state index contributed by atoms with van der Waals surface area (Å²) in [5.74, 6) is 2.34. The average Bonchev–Trinajstić information content (AvgIpc) is 3.18. The van der Waals surface area contributed by atoms with Crippen molar-refractivity contribution in [2.45, 2.75) is 25.9 Å². The van der Waals surface area contributed by atoms with Crippen molar-refractivity contribution >= 4 is 11.7 Å². The molecule has 0 saturated heterocycles. The molecule has 1 aliphatic rings. The predicted molar refractivity (Wildman–Crippen MR) is 113 cm³/mol. The van der Waals surface area contributed by atoms with Crippen molar-refractivity contribution in [3.05, 3.63) is 71.0 Å². The summed E-state index contributed by atoms with van der Waals surface area (Å²) in [6.07, 6.45) is 0.815. The molecule has 7 nitrogen and oxygen atoms in total. The molecule has 0 saturated carbocycles. The Morgan fingerprint density at radius 2 is 1.80 bits per heavy atom. The number of methoxy groups -OCH3 is 2. The van der Waals surface area contributed by atoms with Gasteiger partial charge < -0.3 is 19.3 Å². The van der Waals surface area contributed by atoms with Gasteiger partial charge in [0.15, 0.2) is 17.3 Å². The van der Waals surface area contributed by atoms with Gasteiger partial charge in [0.1, 0.15) is 11.8 Å². The van der Waals surface area contributed by atoms with Gasteiger partial charge in [0.2, 0.25) is 5.91 Å². The number of nitrogens with zero attached hydrogens (tertiary/aromatic N) is 2. The molecule has 0 radical (unpaired) electrons. The lowest BCUT2D eigenvalue weighted by atomic mass is 9.95. The number of ether oxygens (including phenoxy) is 2. The van der Waals surface area contributed by atoms with Gasteiger partial charge in [-0.1, -0.05) is 35.5 Å². The first kappa shape index (κ1) is 20.0. The standard InChI is InChI=1S/C23H25N3O4/c1-15-11-21(25-30-15)24-23(27)22(16-7-5-4-6-8-16)26-10-9-17-12-19(28-2)20(29-3)13-18(17)14-26/h4-8,11-13,22H,9-10,14H2,1-3H3,(H,24,25,27). The monoisotopic (exact) mass is 407 g/mol. The molecular formula is C23H25N3O4. The first-order valence-electron chi connectivity index (χ1n) is 9.86. The normalized spacial score (nSPS) is 14.6. The van der Waals surface area contributed by atoms with E-state index < -0.39 is 6.04 Å². The number of carbonyl (C=O) groups is 1. The Bertz CT molecular complexity index is 1030. The van der Waals surface area contributed by atoms with Gasteiger partial charge in [0, 0.05) is 19.2 Å². The number of aromatic nitrogens is 1. The number of anilines is 1. The highest BCUT2D eigenvalue weighted by atomic mass is 16.5. The van der Waals surface area contributed by atoms with Crippen molar-refractivity contribution in [2.75, 3.05) is 26.1 Å². The summed E-state index contributed by atoms with van der Waals surface area (Å²) in [6, 6.07) is 15.1. The van der Waals surface area contributed by atoms with Crippen LogP contribution in [0.5, 0.6) is 11.5 Å². The molecule has 0 bridgehead atoms. The highest BCUT2D eigenvalue weighted by Gasteiger charge is 2.31. The molecular weight excluding hydrogens is 382 g/mol. The Labute approximate surface area is 175 Å². The third-order valence-electron chi connectivity index (χ3n) is 5.36. The Hall–Kier alpha value is -3.32. The van der Waals surface area contributed by atoms with Gasteiger partial charge in [-0.2, -0.15) is 0 Å². The highest BCUT2D eigenvalue weighted by Crippen LogP contribution is 2.35. The molecule has 1 unspecified atom stereocenters. The fourth-order valence-electron chi connectivity index (χ4n) is 3.91. The Morgan fingerprint density at radius 3 is 2.43 bits per heavy atom. The van der Waals surface area contributed by atoms with E-state index in [1.807, 2.05) is 42.5 Å². The fraction of sp³-hybridized carbons (Fsp3) is 0.304. The zero-order valence-corrected chi connectivity index (χ0v) is 17.3. The van der Waals surface area contributed by atoms with Crippen LogP contribution in [0.1, 0.15) is 28.5 Å². The lowest BCUT2D eigenvalue weighted by molar-refractivity contribution is -0.122. The molecule has 156 valence electrons. The van der Waals surface area contributed by atoms with E-state index in [-0.39, 0.29) is 5.91 Å². The number of fused-ring (bicyclic) bond motifs is 1. The topological polar surface area (TPSA) is 76.8 Å². The van der Waals surface area contributed by atoms with Crippen LogP contribution in [-0.2, 0) is 17.8 Å². The minimum atomic E-state index is -0.454. The summed E-state index contributed by atoms with van der Waals surface area (Å²) < 4.78 is 16.0. The predicted octanol–water partition coefficient (Wildman–Crippen LogP) is 3.74. The molecule has 2 aromatic carbocycles. The molecule has 3 aromatic rings. The van der Waals surface area contributed by atoms with Crippen LogP contribution >= 0.6 is 0 Å². The van der Waals surface area contributed by atoms with Crippen molar-refractivity contribution in [3.8, 4) is 11.5 Å². The zero-order chi connectivity index (χ0) is 21.1. The number of hydrogen-bond donors (Lipinski definition) is 1. The van der Waals surface area contributed by atoms with Crippen LogP contribution in [0, 0.1) is 6.92 Å². The van der Waals surface area contributed by atoms with Gasteiger partial charge in [0.25, 0.3) is 0 Å².